The van der Waals surface area contributed by atoms with Gasteiger partial charge in [-0.25, -0.2) is 9.97 Å². The van der Waals surface area contributed by atoms with Crippen LogP contribution in [-0.4, -0.2) is 32.5 Å². The van der Waals surface area contributed by atoms with Gasteiger partial charge in [0, 0.05) is 46.2 Å². The first-order chi connectivity index (χ1) is 23.0. The van der Waals surface area contributed by atoms with Crippen molar-refractivity contribution in [2.75, 3.05) is 0 Å². The van der Waals surface area contributed by atoms with Gasteiger partial charge in [0.1, 0.15) is 0 Å². The Balaban J connectivity index is 1.23. The maximum absolute atomic E-state index is 5.13. The highest BCUT2D eigenvalue weighted by Gasteiger charge is 2.23. The molecular formula is C40H31N7. The van der Waals surface area contributed by atoms with Crippen LogP contribution in [0.4, 0.5) is 0 Å². The molecule has 5 aromatic heterocycles. The molecule has 0 fully saturated rings. The third kappa shape index (κ3) is 3.62. The summed E-state index contributed by atoms with van der Waals surface area (Å²) in [5.74, 6) is 1.81. The van der Waals surface area contributed by atoms with Crippen LogP contribution in [0.15, 0.2) is 134 Å². The van der Waals surface area contributed by atoms with Crippen molar-refractivity contribution < 1.29 is 0 Å². The predicted molar refractivity (Wildman–Crippen MR) is 191 cm³/mol. The van der Waals surface area contributed by atoms with E-state index >= 15 is 0 Å². The van der Waals surface area contributed by atoms with E-state index in [-0.39, 0.29) is 5.41 Å². The zero-order valence-corrected chi connectivity index (χ0v) is 26.3. The van der Waals surface area contributed by atoms with Crippen LogP contribution in [-0.2, 0) is 5.41 Å². The molecule has 226 valence electrons. The summed E-state index contributed by atoms with van der Waals surface area (Å²) in [5.41, 5.74) is 11.1. The van der Waals surface area contributed by atoms with E-state index in [0.717, 1.165) is 56.2 Å². The Labute approximate surface area is 270 Å². The Morgan fingerprint density at radius 1 is 0.553 bits per heavy atom. The Hall–Kier alpha value is -6.08. The number of hydrogen-bond acceptors (Lipinski definition) is 2. The summed E-state index contributed by atoms with van der Waals surface area (Å²) in [5, 5.41) is 2.43. The predicted octanol–water partition coefficient (Wildman–Crippen LogP) is 9.26. The van der Waals surface area contributed by atoms with Crippen molar-refractivity contribution in [2.24, 2.45) is 0 Å². The van der Waals surface area contributed by atoms with Crippen molar-refractivity contribution in [1.82, 2.24) is 32.5 Å². The van der Waals surface area contributed by atoms with E-state index in [4.69, 9.17) is 9.97 Å². The van der Waals surface area contributed by atoms with Crippen LogP contribution >= 0.6 is 0 Å². The SMILES string of the molecule is CC(C)(C)c1cn(-c2cccc(-n3c4ccccc4c4ccc(-n5c6ccccc6n6c7ccccc7nc56)cc43)c2)c2nccn12. The molecule has 47 heavy (non-hydrogen) atoms. The van der Waals surface area contributed by atoms with Crippen LogP contribution in [0.5, 0.6) is 0 Å². The first-order valence-corrected chi connectivity index (χ1v) is 16.0. The average Bonchev–Trinajstić information content (AvgIpc) is 3.89. The monoisotopic (exact) mass is 609 g/mol. The van der Waals surface area contributed by atoms with Crippen LogP contribution in [0.2, 0.25) is 0 Å². The van der Waals surface area contributed by atoms with Gasteiger partial charge in [0.05, 0.1) is 44.5 Å². The fraction of sp³-hybridized carbons (Fsp3) is 0.100. The highest BCUT2D eigenvalue weighted by Crippen LogP contribution is 2.36. The highest BCUT2D eigenvalue weighted by molar-refractivity contribution is 6.10. The van der Waals surface area contributed by atoms with Crippen LogP contribution in [0.25, 0.3) is 72.5 Å². The molecule has 7 nitrogen and oxygen atoms in total. The summed E-state index contributed by atoms with van der Waals surface area (Å²) in [6.07, 6.45) is 6.15. The summed E-state index contributed by atoms with van der Waals surface area (Å²) in [4.78, 5) is 9.86. The molecule has 5 aromatic carbocycles. The number of benzene rings is 5. The lowest BCUT2D eigenvalue weighted by molar-refractivity contribution is 0.563. The molecule has 0 saturated heterocycles. The van der Waals surface area contributed by atoms with Crippen molar-refractivity contribution in [3.8, 4) is 17.1 Å². The zero-order valence-electron chi connectivity index (χ0n) is 26.3. The second-order valence-electron chi connectivity index (χ2n) is 13.4. The maximum atomic E-state index is 5.13. The standard InChI is InChI=1S/C40H31N7/c1-40(2,3)37-25-44(38-41-21-22-43(37)38)26-11-10-12-27(23-26)45-32-15-6-4-13-29(32)30-20-19-28(24-36(30)45)46-34-17-8-9-18-35(34)47-33-16-7-5-14-31(33)42-39(46)47/h4-25H,1-3H3. The normalized spacial score (nSPS) is 12.6. The quantitative estimate of drug-likeness (QED) is 0.200. The lowest BCUT2D eigenvalue weighted by Crippen LogP contribution is -2.13. The fourth-order valence-corrected chi connectivity index (χ4v) is 7.41. The average molecular weight is 610 g/mol. The zero-order chi connectivity index (χ0) is 31.4. The van der Waals surface area contributed by atoms with Gasteiger partial charge in [-0.1, -0.05) is 75.4 Å². The van der Waals surface area contributed by atoms with Gasteiger partial charge in [-0.3, -0.25) is 17.9 Å². The van der Waals surface area contributed by atoms with Crippen LogP contribution in [0.3, 0.4) is 0 Å². The first-order valence-electron chi connectivity index (χ1n) is 16.0. The van der Waals surface area contributed by atoms with Crippen molar-refractivity contribution in [3.05, 3.63) is 140 Å². The summed E-state index contributed by atoms with van der Waals surface area (Å²) in [7, 11) is 0. The first kappa shape index (κ1) is 26.2. The highest BCUT2D eigenvalue weighted by atomic mass is 15.2. The molecular weight excluding hydrogens is 578 g/mol. The number of nitrogens with zero attached hydrogens (tertiary/aromatic N) is 7. The lowest BCUT2D eigenvalue weighted by Gasteiger charge is -2.16. The van der Waals surface area contributed by atoms with Gasteiger partial charge >= 0.3 is 0 Å². The van der Waals surface area contributed by atoms with E-state index in [9.17, 15) is 0 Å². The van der Waals surface area contributed by atoms with Crippen molar-refractivity contribution in [1.29, 1.82) is 0 Å². The lowest BCUT2D eigenvalue weighted by atomic mass is 9.93. The van der Waals surface area contributed by atoms with E-state index in [1.807, 2.05) is 6.20 Å². The van der Waals surface area contributed by atoms with E-state index in [0.29, 0.717) is 0 Å². The molecule has 0 N–H and O–H groups in total. The summed E-state index contributed by atoms with van der Waals surface area (Å²) >= 11 is 0. The third-order valence-corrected chi connectivity index (χ3v) is 9.50. The van der Waals surface area contributed by atoms with Crippen molar-refractivity contribution in [2.45, 2.75) is 26.2 Å². The van der Waals surface area contributed by atoms with Crippen LogP contribution in [0, 0.1) is 0 Å². The van der Waals surface area contributed by atoms with Gasteiger partial charge in [-0.2, -0.15) is 0 Å². The van der Waals surface area contributed by atoms with Gasteiger partial charge in [0.2, 0.25) is 11.6 Å². The molecule has 7 heteroatoms. The second kappa shape index (κ2) is 9.23. The molecule has 0 amide bonds. The van der Waals surface area contributed by atoms with Crippen molar-refractivity contribution >= 4 is 55.4 Å². The molecule has 0 atom stereocenters. The van der Waals surface area contributed by atoms with Crippen molar-refractivity contribution in [3.63, 3.8) is 0 Å². The smallest absolute Gasteiger partial charge is 0.220 e. The molecule has 10 rings (SSSR count). The molecule has 0 aliphatic rings. The summed E-state index contributed by atoms with van der Waals surface area (Å²) < 4.78 is 11.3. The molecule has 0 spiro atoms. The van der Waals surface area contributed by atoms with Crippen LogP contribution in [0.1, 0.15) is 26.5 Å². The molecule has 0 saturated carbocycles. The van der Waals surface area contributed by atoms with E-state index in [1.165, 1.54) is 22.0 Å². The molecule has 0 aliphatic carbocycles. The Kier molecular flexibility index (Phi) is 5.14. The topological polar surface area (TPSA) is 49.4 Å². The number of para-hydroxylation sites is 5. The van der Waals surface area contributed by atoms with Crippen LogP contribution < -0.4 is 0 Å². The Morgan fingerprint density at radius 3 is 2.11 bits per heavy atom. The molecule has 0 bridgehead atoms. The van der Waals surface area contributed by atoms with Gasteiger partial charge in [-0.05, 0) is 60.7 Å². The fourth-order valence-electron chi connectivity index (χ4n) is 7.41. The maximum Gasteiger partial charge on any atom is 0.220 e. The third-order valence-electron chi connectivity index (χ3n) is 9.50. The summed E-state index contributed by atoms with van der Waals surface area (Å²) in [6, 6.07) is 41.2. The molecule has 0 radical (unpaired) electrons. The number of hydrogen-bond donors (Lipinski definition) is 0. The van der Waals surface area contributed by atoms with E-state index in [2.05, 4.69) is 171 Å². The number of imidazole rings is 4. The molecule has 10 aromatic rings. The number of rotatable bonds is 3. The van der Waals surface area contributed by atoms with E-state index in [1.54, 1.807) is 0 Å². The second-order valence-corrected chi connectivity index (χ2v) is 13.4. The number of aromatic nitrogens is 7. The Morgan fingerprint density at radius 2 is 1.26 bits per heavy atom. The van der Waals surface area contributed by atoms with Gasteiger partial charge < -0.3 is 4.57 Å². The minimum Gasteiger partial charge on any atom is -0.309 e. The van der Waals surface area contributed by atoms with E-state index < -0.39 is 0 Å². The molecule has 0 aliphatic heterocycles. The van der Waals surface area contributed by atoms with Gasteiger partial charge in [-0.15, -0.1) is 0 Å². The van der Waals surface area contributed by atoms with Gasteiger partial charge in [0.25, 0.3) is 0 Å². The Bertz CT molecular complexity index is 2840. The minimum absolute atomic E-state index is 0.0280. The minimum atomic E-state index is -0.0280. The largest absolute Gasteiger partial charge is 0.309 e. The molecule has 0 unspecified atom stereocenters. The van der Waals surface area contributed by atoms with Gasteiger partial charge in [0.15, 0.2) is 0 Å². The molecule has 5 heterocycles. The summed E-state index contributed by atoms with van der Waals surface area (Å²) in [6.45, 7) is 6.73. The number of fused-ring (bicyclic) bond motifs is 9.